The molecule has 2 heterocycles. The first-order valence-corrected chi connectivity index (χ1v) is 6.04. The van der Waals surface area contributed by atoms with E-state index in [4.69, 9.17) is 17.3 Å². The molecular weight excluding hydrogens is 252 g/mol. The Morgan fingerprint density at radius 3 is 3.00 bits per heavy atom. The van der Waals surface area contributed by atoms with Crippen molar-refractivity contribution >= 4 is 17.2 Å². The van der Waals surface area contributed by atoms with E-state index in [9.17, 15) is 4.79 Å². The van der Waals surface area contributed by atoms with Gasteiger partial charge >= 0.3 is 0 Å². The topological polar surface area (TPSA) is 63.6 Å². The van der Waals surface area contributed by atoms with Gasteiger partial charge in [-0.05, 0) is 19.2 Å². The lowest BCUT2D eigenvalue weighted by Crippen LogP contribution is -2.26. The lowest BCUT2D eigenvalue weighted by Gasteiger charge is -2.14. The smallest absolute Gasteiger partial charge is 0.258 e. The monoisotopic (exact) mass is 266 g/mol. The largest absolute Gasteiger partial charge is 0.329 e. The molecule has 5 nitrogen and oxygen atoms in total. The van der Waals surface area contributed by atoms with Crippen LogP contribution in [0.4, 0.5) is 0 Å². The van der Waals surface area contributed by atoms with Crippen molar-refractivity contribution in [3.05, 3.63) is 45.5 Å². The van der Waals surface area contributed by atoms with Gasteiger partial charge in [-0.1, -0.05) is 11.6 Å². The Hall–Kier alpha value is -1.43. The lowest BCUT2D eigenvalue weighted by molar-refractivity contribution is 0.332. The highest BCUT2D eigenvalue weighted by molar-refractivity contribution is 6.30. The number of hydrogen-bond acceptors (Lipinski definition) is 4. The Kier molecular flexibility index (Phi) is 3.96. The van der Waals surface area contributed by atoms with Crippen molar-refractivity contribution in [1.29, 1.82) is 0 Å². The SMILES string of the molecule is CN(CCN)Cc1cc(=O)n2cc(Cl)ccc2n1. The van der Waals surface area contributed by atoms with Crippen molar-refractivity contribution in [2.75, 3.05) is 20.1 Å². The highest BCUT2D eigenvalue weighted by Crippen LogP contribution is 2.08. The lowest BCUT2D eigenvalue weighted by atomic mass is 10.3. The minimum Gasteiger partial charge on any atom is -0.329 e. The number of hydrogen-bond donors (Lipinski definition) is 1. The molecule has 18 heavy (non-hydrogen) atoms. The van der Waals surface area contributed by atoms with Crippen LogP contribution >= 0.6 is 11.6 Å². The summed E-state index contributed by atoms with van der Waals surface area (Å²) in [6.07, 6.45) is 1.57. The average molecular weight is 267 g/mol. The van der Waals surface area contributed by atoms with E-state index < -0.39 is 0 Å². The first kappa shape index (κ1) is 13.0. The number of halogens is 1. The van der Waals surface area contributed by atoms with Gasteiger partial charge in [0.05, 0.1) is 10.7 Å². The van der Waals surface area contributed by atoms with Crippen molar-refractivity contribution in [3.63, 3.8) is 0 Å². The van der Waals surface area contributed by atoms with Crippen LogP contribution in [0.1, 0.15) is 5.69 Å². The van der Waals surface area contributed by atoms with Crippen molar-refractivity contribution in [2.24, 2.45) is 5.73 Å². The molecule has 6 heteroatoms. The zero-order chi connectivity index (χ0) is 13.1. The van der Waals surface area contributed by atoms with Crippen molar-refractivity contribution < 1.29 is 0 Å². The summed E-state index contributed by atoms with van der Waals surface area (Å²) in [4.78, 5) is 18.4. The molecule has 2 aromatic heterocycles. The van der Waals surface area contributed by atoms with Crippen LogP contribution in [0.25, 0.3) is 5.65 Å². The Balaban J connectivity index is 2.37. The Morgan fingerprint density at radius 2 is 2.28 bits per heavy atom. The molecule has 0 aliphatic rings. The van der Waals surface area contributed by atoms with Crippen molar-refractivity contribution in [2.45, 2.75) is 6.54 Å². The molecule has 0 spiro atoms. The quantitative estimate of drug-likeness (QED) is 0.887. The third kappa shape index (κ3) is 2.87. The molecule has 2 aromatic rings. The van der Waals surface area contributed by atoms with E-state index in [-0.39, 0.29) is 5.56 Å². The van der Waals surface area contributed by atoms with E-state index in [0.29, 0.717) is 23.8 Å². The summed E-state index contributed by atoms with van der Waals surface area (Å²) in [6, 6.07) is 4.98. The molecule has 0 bridgehead atoms. The van der Waals surface area contributed by atoms with Crippen LogP contribution in [-0.2, 0) is 6.54 Å². The molecule has 0 atom stereocenters. The number of nitrogens with zero attached hydrogens (tertiary/aromatic N) is 3. The summed E-state index contributed by atoms with van der Waals surface area (Å²) in [7, 11) is 1.94. The van der Waals surface area contributed by atoms with Gasteiger partial charge in [0.25, 0.3) is 5.56 Å². The molecule has 0 aliphatic heterocycles. The number of fused-ring (bicyclic) bond motifs is 1. The molecule has 0 aromatic carbocycles. The summed E-state index contributed by atoms with van der Waals surface area (Å²) in [5.74, 6) is 0. The first-order valence-electron chi connectivity index (χ1n) is 5.66. The fraction of sp³-hybridized carbons (Fsp3) is 0.333. The third-order valence-electron chi connectivity index (χ3n) is 2.62. The predicted molar refractivity (Wildman–Crippen MR) is 71.9 cm³/mol. The summed E-state index contributed by atoms with van der Waals surface area (Å²) in [5, 5.41) is 0.513. The van der Waals surface area contributed by atoms with Crippen molar-refractivity contribution in [3.8, 4) is 0 Å². The van der Waals surface area contributed by atoms with Gasteiger partial charge in [0, 0.05) is 31.9 Å². The number of nitrogens with two attached hydrogens (primary N) is 1. The van der Waals surface area contributed by atoms with Gasteiger partial charge in [-0.25, -0.2) is 4.98 Å². The van der Waals surface area contributed by atoms with E-state index in [0.717, 1.165) is 12.2 Å². The van der Waals surface area contributed by atoms with Gasteiger partial charge in [0.2, 0.25) is 0 Å². The average Bonchev–Trinajstić information content (AvgIpc) is 2.30. The Morgan fingerprint density at radius 1 is 1.50 bits per heavy atom. The molecular formula is C12H15ClN4O. The summed E-state index contributed by atoms with van der Waals surface area (Å²) in [6.45, 7) is 1.95. The van der Waals surface area contributed by atoms with E-state index in [1.54, 1.807) is 18.3 Å². The normalized spacial score (nSPS) is 11.3. The maximum Gasteiger partial charge on any atom is 0.258 e. The van der Waals surface area contributed by atoms with Gasteiger partial charge < -0.3 is 5.73 Å². The van der Waals surface area contributed by atoms with Gasteiger partial charge in [0.15, 0.2) is 0 Å². The summed E-state index contributed by atoms with van der Waals surface area (Å²) >= 11 is 5.85. The molecule has 0 saturated carbocycles. The molecule has 96 valence electrons. The molecule has 0 radical (unpaired) electrons. The summed E-state index contributed by atoms with van der Waals surface area (Å²) in [5.41, 5.74) is 6.69. The Bertz CT molecular complexity index is 611. The second-order valence-electron chi connectivity index (χ2n) is 4.19. The van der Waals surface area contributed by atoms with Crippen LogP contribution < -0.4 is 11.3 Å². The van der Waals surface area contributed by atoms with Crippen LogP contribution in [0.2, 0.25) is 5.02 Å². The molecule has 0 amide bonds. The van der Waals surface area contributed by atoms with Gasteiger partial charge in [-0.3, -0.25) is 14.1 Å². The minimum atomic E-state index is -0.126. The standard InChI is InChI=1S/C12H15ClN4O/c1-16(5-4-14)8-10-6-12(18)17-7-9(13)2-3-11(17)15-10/h2-3,6-7H,4-5,8,14H2,1H3. The van der Waals surface area contributed by atoms with E-state index >= 15 is 0 Å². The zero-order valence-electron chi connectivity index (χ0n) is 10.1. The fourth-order valence-electron chi connectivity index (χ4n) is 1.78. The zero-order valence-corrected chi connectivity index (χ0v) is 10.9. The minimum absolute atomic E-state index is 0.126. The number of pyridine rings is 1. The molecule has 0 unspecified atom stereocenters. The highest BCUT2D eigenvalue weighted by atomic mass is 35.5. The van der Waals surface area contributed by atoms with Crippen LogP contribution in [0.5, 0.6) is 0 Å². The van der Waals surface area contributed by atoms with Crippen LogP contribution in [0.15, 0.2) is 29.2 Å². The van der Waals surface area contributed by atoms with E-state index in [1.165, 1.54) is 10.5 Å². The highest BCUT2D eigenvalue weighted by Gasteiger charge is 2.05. The molecule has 2 rings (SSSR count). The number of likely N-dealkylation sites (N-methyl/N-ethyl adjacent to an activating group) is 1. The predicted octanol–water partition coefficient (Wildman–Crippen LogP) is 0.738. The Labute approximate surface area is 110 Å². The van der Waals surface area contributed by atoms with E-state index in [2.05, 4.69) is 4.98 Å². The van der Waals surface area contributed by atoms with Gasteiger partial charge in [-0.2, -0.15) is 0 Å². The van der Waals surface area contributed by atoms with E-state index in [1.807, 2.05) is 11.9 Å². The molecule has 2 N–H and O–H groups in total. The molecule has 0 aliphatic carbocycles. The molecule has 0 saturated heterocycles. The second-order valence-corrected chi connectivity index (χ2v) is 4.62. The molecule has 0 fully saturated rings. The number of rotatable bonds is 4. The van der Waals surface area contributed by atoms with Crippen LogP contribution in [0, 0.1) is 0 Å². The summed E-state index contributed by atoms with van der Waals surface area (Å²) < 4.78 is 1.44. The maximum atomic E-state index is 11.9. The second kappa shape index (κ2) is 5.48. The van der Waals surface area contributed by atoms with Crippen LogP contribution in [0.3, 0.4) is 0 Å². The number of aromatic nitrogens is 2. The fourth-order valence-corrected chi connectivity index (χ4v) is 1.94. The van der Waals surface area contributed by atoms with Gasteiger partial charge in [0.1, 0.15) is 5.65 Å². The van der Waals surface area contributed by atoms with Crippen LogP contribution in [-0.4, -0.2) is 34.4 Å². The maximum absolute atomic E-state index is 11.9. The first-order chi connectivity index (χ1) is 8.60. The van der Waals surface area contributed by atoms with Crippen molar-refractivity contribution in [1.82, 2.24) is 14.3 Å². The third-order valence-corrected chi connectivity index (χ3v) is 2.84. The van der Waals surface area contributed by atoms with Gasteiger partial charge in [-0.15, -0.1) is 0 Å².